The van der Waals surface area contributed by atoms with Crippen molar-refractivity contribution in [1.82, 2.24) is 25.3 Å². The van der Waals surface area contributed by atoms with Gasteiger partial charge < -0.3 is 20.5 Å². The molecule has 0 spiro atoms. The monoisotopic (exact) mass is 351 g/mol. The van der Waals surface area contributed by atoms with Gasteiger partial charge in [0.1, 0.15) is 5.52 Å². The summed E-state index contributed by atoms with van der Waals surface area (Å²) in [6.45, 7) is 1.44. The maximum absolute atomic E-state index is 12.0. The molecule has 26 heavy (non-hydrogen) atoms. The van der Waals surface area contributed by atoms with E-state index in [2.05, 4.69) is 30.5 Å². The quantitative estimate of drug-likeness (QED) is 0.665. The molecule has 4 rings (SSSR count). The zero-order chi connectivity index (χ0) is 17.9. The molecule has 3 heterocycles. The lowest BCUT2D eigenvalue weighted by molar-refractivity contribution is -0.124. The fourth-order valence-corrected chi connectivity index (χ4v) is 3.29. The number of aromatic nitrogens is 4. The molecule has 0 radical (unpaired) electrons. The number of nitrogens with one attached hydrogen (secondary N) is 3. The van der Waals surface area contributed by atoms with Crippen molar-refractivity contribution in [3.8, 4) is 0 Å². The molecule has 0 aliphatic carbocycles. The molecular formula is C18H21N7O. The normalized spacial score (nSPS) is 17.3. The zero-order valence-corrected chi connectivity index (χ0v) is 14.6. The SMILES string of the molecule is CNC(=O)C1CCCN(c2nc(Nc3ccccc3)c3[nH]cnc3n2)C1. The van der Waals surface area contributed by atoms with E-state index >= 15 is 0 Å². The van der Waals surface area contributed by atoms with Crippen molar-refractivity contribution in [2.24, 2.45) is 5.92 Å². The molecule has 3 aromatic rings. The highest BCUT2D eigenvalue weighted by Crippen LogP contribution is 2.26. The van der Waals surface area contributed by atoms with Crippen molar-refractivity contribution in [3.63, 3.8) is 0 Å². The van der Waals surface area contributed by atoms with Crippen LogP contribution < -0.4 is 15.5 Å². The topological polar surface area (TPSA) is 98.8 Å². The first-order valence-electron chi connectivity index (χ1n) is 8.74. The van der Waals surface area contributed by atoms with Gasteiger partial charge in [-0.15, -0.1) is 0 Å². The Morgan fingerprint density at radius 1 is 1.27 bits per heavy atom. The number of hydrogen-bond donors (Lipinski definition) is 3. The number of H-pyrrole nitrogens is 1. The number of hydrogen-bond acceptors (Lipinski definition) is 6. The van der Waals surface area contributed by atoms with Crippen molar-refractivity contribution in [2.75, 3.05) is 30.4 Å². The van der Waals surface area contributed by atoms with Crippen molar-refractivity contribution in [3.05, 3.63) is 36.7 Å². The molecular weight excluding hydrogens is 330 g/mol. The van der Waals surface area contributed by atoms with Gasteiger partial charge >= 0.3 is 0 Å². The maximum Gasteiger partial charge on any atom is 0.229 e. The molecule has 0 bridgehead atoms. The standard InChI is InChI=1S/C18H21N7O/c1-19-17(26)12-6-5-9-25(10-12)18-23-15-14(20-11-21-15)16(24-18)22-13-7-3-2-4-8-13/h2-4,7-8,11-12H,5-6,9-10H2,1H3,(H,19,26)(H2,20,21,22,23,24). The average molecular weight is 351 g/mol. The molecule has 8 nitrogen and oxygen atoms in total. The van der Waals surface area contributed by atoms with E-state index in [9.17, 15) is 4.79 Å². The van der Waals surface area contributed by atoms with Crippen LogP contribution in [0.15, 0.2) is 36.7 Å². The van der Waals surface area contributed by atoms with Crippen LogP contribution in [0.25, 0.3) is 11.2 Å². The first-order chi connectivity index (χ1) is 12.7. The summed E-state index contributed by atoms with van der Waals surface area (Å²) < 4.78 is 0. The van der Waals surface area contributed by atoms with Crippen LogP contribution in [0.3, 0.4) is 0 Å². The second-order valence-electron chi connectivity index (χ2n) is 6.36. The van der Waals surface area contributed by atoms with Gasteiger partial charge in [-0.25, -0.2) is 4.98 Å². The third-order valence-electron chi connectivity index (χ3n) is 4.63. The van der Waals surface area contributed by atoms with Gasteiger partial charge in [0.15, 0.2) is 11.5 Å². The highest BCUT2D eigenvalue weighted by molar-refractivity contribution is 5.86. The predicted octanol–water partition coefficient (Wildman–Crippen LogP) is 2.06. The molecule has 3 N–H and O–H groups in total. The molecule has 0 saturated carbocycles. The number of para-hydroxylation sites is 1. The molecule has 1 aliphatic heterocycles. The Morgan fingerprint density at radius 3 is 2.92 bits per heavy atom. The third-order valence-corrected chi connectivity index (χ3v) is 4.63. The lowest BCUT2D eigenvalue weighted by Gasteiger charge is -2.31. The first kappa shape index (κ1) is 16.3. The van der Waals surface area contributed by atoms with Crippen molar-refractivity contribution in [2.45, 2.75) is 12.8 Å². The molecule has 1 saturated heterocycles. The van der Waals surface area contributed by atoms with Crippen molar-refractivity contribution in [1.29, 1.82) is 0 Å². The Balaban J connectivity index is 1.66. The number of piperidine rings is 1. The molecule has 1 unspecified atom stereocenters. The summed E-state index contributed by atoms with van der Waals surface area (Å²) in [5.74, 6) is 1.29. The number of nitrogens with zero attached hydrogens (tertiary/aromatic N) is 4. The van der Waals surface area contributed by atoms with Crippen LogP contribution in [0.4, 0.5) is 17.5 Å². The summed E-state index contributed by atoms with van der Waals surface area (Å²) in [6, 6.07) is 9.86. The average Bonchev–Trinajstić information content (AvgIpc) is 3.17. The summed E-state index contributed by atoms with van der Waals surface area (Å²) in [7, 11) is 1.68. The van der Waals surface area contributed by atoms with Gasteiger partial charge in [-0.1, -0.05) is 18.2 Å². The Bertz CT molecular complexity index is 908. The summed E-state index contributed by atoms with van der Waals surface area (Å²) in [5, 5.41) is 6.07. The van der Waals surface area contributed by atoms with Gasteiger partial charge in [-0.2, -0.15) is 9.97 Å². The van der Waals surface area contributed by atoms with E-state index in [0.717, 1.165) is 30.6 Å². The molecule has 1 fully saturated rings. The molecule has 8 heteroatoms. The van der Waals surface area contributed by atoms with Crippen molar-refractivity contribution < 1.29 is 4.79 Å². The van der Waals surface area contributed by atoms with Crippen LogP contribution in [0.1, 0.15) is 12.8 Å². The maximum atomic E-state index is 12.0. The summed E-state index contributed by atoms with van der Waals surface area (Å²) in [5.41, 5.74) is 2.31. The van der Waals surface area contributed by atoms with E-state index in [-0.39, 0.29) is 11.8 Å². The van der Waals surface area contributed by atoms with Crippen LogP contribution in [-0.2, 0) is 4.79 Å². The first-order valence-corrected chi connectivity index (χ1v) is 8.74. The highest BCUT2D eigenvalue weighted by Gasteiger charge is 2.27. The number of imidazole rings is 1. The minimum Gasteiger partial charge on any atom is -0.359 e. The van der Waals surface area contributed by atoms with E-state index in [1.165, 1.54) is 0 Å². The number of carbonyl (C=O) groups excluding carboxylic acids is 1. The summed E-state index contributed by atoms with van der Waals surface area (Å²) in [6.07, 6.45) is 3.43. The number of aromatic amines is 1. The second kappa shape index (κ2) is 6.99. The molecule has 2 aromatic heterocycles. The van der Waals surface area contributed by atoms with Gasteiger partial charge in [-0.3, -0.25) is 4.79 Å². The van der Waals surface area contributed by atoms with Crippen LogP contribution in [0.5, 0.6) is 0 Å². The Labute approximate surface area is 151 Å². The lowest BCUT2D eigenvalue weighted by atomic mass is 9.97. The Hall–Kier alpha value is -3.16. The number of carbonyl (C=O) groups is 1. The van der Waals surface area contributed by atoms with Crippen LogP contribution in [-0.4, -0.2) is 46.0 Å². The van der Waals surface area contributed by atoms with E-state index in [1.807, 2.05) is 30.3 Å². The van der Waals surface area contributed by atoms with Gasteiger partial charge in [-0.05, 0) is 25.0 Å². The van der Waals surface area contributed by atoms with Crippen molar-refractivity contribution >= 4 is 34.5 Å². The third kappa shape index (κ3) is 3.17. The van der Waals surface area contributed by atoms with Gasteiger partial charge in [0.05, 0.1) is 12.2 Å². The number of amides is 1. The largest absolute Gasteiger partial charge is 0.359 e. The zero-order valence-electron chi connectivity index (χ0n) is 14.6. The predicted molar refractivity (Wildman–Crippen MR) is 100 cm³/mol. The summed E-state index contributed by atoms with van der Waals surface area (Å²) >= 11 is 0. The number of fused-ring (bicyclic) bond motifs is 1. The molecule has 1 aromatic carbocycles. The van der Waals surface area contributed by atoms with Crippen LogP contribution in [0.2, 0.25) is 0 Å². The van der Waals surface area contributed by atoms with E-state index < -0.39 is 0 Å². The van der Waals surface area contributed by atoms with E-state index in [0.29, 0.717) is 24.0 Å². The molecule has 1 atom stereocenters. The van der Waals surface area contributed by atoms with E-state index in [1.54, 1.807) is 13.4 Å². The minimum atomic E-state index is -0.0437. The summed E-state index contributed by atoms with van der Waals surface area (Å²) in [4.78, 5) is 30.8. The smallest absolute Gasteiger partial charge is 0.229 e. The second-order valence-corrected chi connectivity index (χ2v) is 6.36. The molecule has 1 amide bonds. The number of benzene rings is 1. The molecule has 134 valence electrons. The highest BCUT2D eigenvalue weighted by atomic mass is 16.1. The van der Waals surface area contributed by atoms with Crippen LogP contribution in [0, 0.1) is 5.92 Å². The Kier molecular flexibility index (Phi) is 4.39. The van der Waals surface area contributed by atoms with E-state index in [4.69, 9.17) is 4.98 Å². The fraction of sp³-hybridized carbons (Fsp3) is 0.333. The minimum absolute atomic E-state index is 0.0437. The number of rotatable bonds is 4. The number of anilines is 3. The van der Waals surface area contributed by atoms with Gasteiger partial charge in [0.2, 0.25) is 11.9 Å². The fourth-order valence-electron chi connectivity index (χ4n) is 3.29. The van der Waals surface area contributed by atoms with Gasteiger partial charge in [0.25, 0.3) is 0 Å². The van der Waals surface area contributed by atoms with Gasteiger partial charge in [0, 0.05) is 25.8 Å². The Morgan fingerprint density at radius 2 is 2.12 bits per heavy atom. The molecule has 1 aliphatic rings. The lowest BCUT2D eigenvalue weighted by Crippen LogP contribution is -2.42. The van der Waals surface area contributed by atoms with Crippen LogP contribution >= 0.6 is 0 Å².